The smallest absolute Gasteiger partial charge is 0.160 e. The maximum atomic E-state index is 11.1. The molecule has 0 radical (unpaired) electrons. The third-order valence-electron chi connectivity index (χ3n) is 6.39. The molecule has 0 spiro atoms. The van der Waals surface area contributed by atoms with Crippen molar-refractivity contribution in [3.05, 3.63) is 56.7 Å². The maximum absolute atomic E-state index is 11.1. The number of nitrogens with one attached hydrogen (secondary N) is 1. The van der Waals surface area contributed by atoms with Crippen LogP contribution in [0.1, 0.15) is 46.6 Å². The Morgan fingerprint density at radius 2 is 2.26 bits per heavy atom. The van der Waals surface area contributed by atoms with Crippen LogP contribution in [-0.4, -0.2) is 54.5 Å². The lowest BCUT2D eigenvalue weighted by Crippen LogP contribution is -2.45. The number of rotatable bonds is 7. The summed E-state index contributed by atoms with van der Waals surface area (Å²) in [5.41, 5.74) is 3.43. The lowest BCUT2D eigenvalue weighted by Gasteiger charge is -2.29. The average molecular weight is 509 g/mol. The molecule has 2 unspecified atom stereocenters. The number of amidine groups is 2. The Kier molecular flexibility index (Phi) is 6.50. The highest BCUT2D eigenvalue weighted by Gasteiger charge is 2.39. The van der Waals surface area contributed by atoms with E-state index in [2.05, 4.69) is 40.1 Å². The second-order valence-electron chi connectivity index (χ2n) is 8.56. The highest BCUT2D eigenvalue weighted by molar-refractivity contribution is 7.11. The van der Waals surface area contributed by atoms with Crippen molar-refractivity contribution in [2.45, 2.75) is 37.9 Å². The van der Waals surface area contributed by atoms with E-state index in [4.69, 9.17) is 27.4 Å². The van der Waals surface area contributed by atoms with Crippen molar-refractivity contribution in [1.82, 2.24) is 10.2 Å². The molecule has 1 saturated heterocycles. The molecule has 0 amide bonds. The van der Waals surface area contributed by atoms with Crippen LogP contribution >= 0.6 is 22.9 Å². The number of fused-ring (bicyclic) bond motifs is 1. The van der Waals surface area contributed by atoms with Crippen molar-refractivity contribution in [3.63, 3.8) is 0 Å². The Labute approximate surface area is 212 Å². The van der Waals surface area contributed by atoms with Gasteiger partial charge in [-0.3, -0.25) is 14.8 Å². The molecule has 9 nitrogen and oxygen atoms in total. The van der Waals surface area contributed by atoms with Gasteiger partial charge in [0.2, 0.25) is 0 Å². The normalized spacial score (nSPS) is 23.5. The van der Waals surface area contributed by atoms with Crippen LogP contribution in [0.4, 0.5) is 5.69 Å². The molecule has 2 aromatic rings. The number of halogens is 1. The van der Waals surface area contributed by atoms with Crippen LogP contribution in [0, 0.1) is 0 Å². The summed E-state index contributed by atoms with van der Waals surface area (Å²) in [5, 5.41) is 14.8. The maximum Gasteiger partial charge on any atom is 0.160 e. The molecule has 3 N–H and O–H groups in total. The standard InChI is InChI=1S/C24H25ClN8OS/c1-14-23(15-9-17(11-34)35-12-15)31-24(29-14)21-5-6-22-30-19(7-8-32(21)22)18-10-16(25)3-4-20(18)33(26)13-28-27-2/h3-4,7,9-14,21,23H,2,5-6,8,26H2,1H3,(H,29,31)/b28-13-/t14?,21-,23?/m0/s1. The molecule has 0 bridgehead atoms. The highest BCUT2D eigenvalue weighted by atomic mass is 35.5. The van der Waals surface area contributed by atoms with Gasteiger partial charge >= 0.3 is 0 Å². The van der Waals surface area contributed by atoms with E-state index in [0.29, 0.717) is 17.3 Å². The van der Waals surface area contributed by atoms with Gasteiger partial charge in [-0.25, -0.2) is 10.8 Å². The fourth-order valence-electron chi connectivity index (χ4n) is 4.76. The van der Waals surface area contributed by atoms with Crippen molar-refractivity contribution in [3.8, 4) is 0 Å². The molecule has 3 aliphatic rings. The summed E-state index contributed by atoms with van der Waals surface area (Å²) in [5.74, 6) is 8.16. The number of aldehydes is 1. The molecular formula is C24H25ClN8OS. The quantitative estimate of drug-likeness (QED) is 0.194. The monoisotopic (exact) mass is 508 g/mol. The molecular weight excluding hydrogens is 484 g/mol. The Morgan fingerprint density at radius 3 is 3.03 bits per heavy atom. The first-order valence-corrected chi connectivity index (χ1v) is 12.5. The summed E-state index contributed by atoms with van der Waals surface area (Å²) in [6.45, 7) is 6.17. The van der Waals surface area contributed by atoms with Crippen LogP contribution in [0.25, 0.3) is 5.70 Å². The van der Waals surface area contributed by atoms with Gasteiger partial charge in [0.25, 0.3) is 0 Å². The molecule has 1 fully saturated rings. The molecule has 1 aromatic carbocycles. The number of carbonyl (C=O) groups is 1. The predicted octanol–water partition coefficient (Wildman–Crippen LogP) is 3.89. The summed E-state index contributed by atoms with van der Waals surface area (Å²) in [6.07, 6.45) is 6.14. The molecule has 3 aliphatic heterocycles. The number of nitrogens with zero attached hydrogens (tertiary/aromatic N) is 6. The minimum absolute atomic E-state index is 0.00288. The van der Waals surface area contributed by atoms with E-state index in [-0.39, 0.29) is 18.1 Å². The van der Waals surface area contributed by atoms with Crippen molar-refractivity contribution in [2.75, 3.05) is 11.6 Å². The van der Waals surface area contributed by atoms with E-state index in [1.54, 1.807) is 6.07 Å². The number of carbonyl (C=O) groups excluding carboxylic acids is 1. The predicted molar refractivity (Wildman–Crippen MR) is 144 cm³/mol. The lowest BCUT2D eigenvalue weighted by molar-refractivity contribution is 0.112. The molecule has 35 heavy (non-hydrogen) atoms. The van der Waals surface area contributed by atoms with Crippen molar-refractivity contribution >= 4 is 65.3 Å². The number of thiophene rings is 1. The van der Waals surface area contributed by atoms with Crippen LogP contribution in [0.5, 0.6) is 0 Å². The summed E-state index contributed by atoms with van der Waals surface area (Å²) < 4.78 is 0. The second-order valence-corrected chi connectivity index (χ2v) is 9.94. The third-order valence-corrected chi connectivity index (χ3v) is 7.50. The van der Waals surface area contributed by atoms with Gasteiger partial charge in [0, 0.05) is 30.3 Å². The Bertz CT molecular complexity index is 1280. The van der Waals surface area contributed by atoms with Gasteiger partial charge < -0.3 is 10.2 Å². The Balaban J connectivity index is 1.38. The molecule has 1 aromatic heterocycles. The fourth-order valence-corrected chi connectivity index (χ4v) is 5.67. The summed E-state index contributed by atoms with van der Waals surface area (Å²) >= 11 is 7.76. The number of hydrogen-bond donors (Lipinski definition) is 2. The summed E-state index contributed by atoms with van der Waals surface area (Å²) in [4.78, 5) is 24.1. The average Bonchev–Trinajstić information content (AvgIpc) is 3.59. The zero-order valence-electron chi connectivity index (χ0n) is 19.1. The van der Waals surface area contributed by atoms with Gasteiger partial charge in [0.15, 0.2) is 6.29 Å². The van der Waals surface area contributed by atoms with Gasteiger partial charge in [0.05, 0.1) is 34.4 Å². The Morgan fingerprint density at radius 1 is 1.40 bits per heavy atom. The first kappa shape index (κ1) is 23.4. The number of anilines is 1. The minimum Gasteiger partial charge on any atom is -0.367 e. The van der Waals surface area contributed by atoms with Crippen LogP contribution in [0.3, 0.4) is 0 Å². The molecule has 11 heteroatoms. The highest BCUT2D eigenvalue weighted by Crippen LogP contribution is 2.36. The molecule has 0 saturated carbocycles. The van der Waals surface area contributed by atoms with Crippen LogP contribution < -0.4 is 16.2 Å². The third kappa shape index (κ3) is 4.52. The molecule has 5 rings (SSSR count). The number of nitrogens with two attached hydrogens (primary N) is 1. The second kappa shape index (κ2) is 9.73. The van der Waals surface area contributed by atoms with E-state index in [1.807, 2.05) is 23.6 Å². The van der Waals surface area contributed by atoms with E-state index < -0.39 is 0 Å². The zero-order chi connectivity index (χ0) is 24.5. The van der Waals surface area contributed by atoms with Gasteiger partial charge in [-0.15, -0.1) is 16.4 Å². The lowest BCUT2D eigenvalue weighted by atomic mass is 10.1. The van der Waals surface area contributed by atoms with E-state index in [1.165, 1.54) is 22.7 Å². The molecule has 180 valence electrons. The molecule has 0 aliphatic carbocycles. The number of benzene rings is 1. The number of aliphatic imine (C=N–C) groups is 2. The largest absolute Gasteiger partial charge is 0.367 e. The van der Waals surface area contributed by atoms with Crippen molar-refractivity contribution in [2.24, 2.45) is 26.0 Å². The number of hydrazine groups is 1. The molecule has 4 heterocycles. The van der Waals surface area contributed by atoms with E-state index in [9.17, 15) is 4.79 Å². The van der Waals surface area contributed by atoms with Crippen LogP contribution in [0.15, 0.2) is 55.9 Å². The number of hydrogen-bond acceptors (Lipinski definition) is 9. The fraction of sp³-hybridized carbons (Fsp3) is 0.292. The van der Waals surface area contributed by atoms with Crippen molar-refractivity contribution < 1.29 is 4.79 Å². The summed E-state index contributed by atoms with van der Waals surface area (Å²) in [7, 11) is 0. The van der Waals surface area contributed by atoms with Gasteiger partial charge in [-0.1, -0.05) is 11.6 Å². The van der Waals surface area contributed by atoms with E-state index in [0.717, 1.165) is 52.5 Å². The van der Waals surface area contributed by atoms with E-state index >= 15 is 0 Å². The minimum atomic E-state index is 0.00288. The van der Waals surface area contributed by atoms with Gasteiger partial charge in [-0.05, 0) is 54.6 Å². The van der Waals surface area contributed by atoms with Gasteiger partial charge in [-0.2, -0.15) is 5.10 Å². The first-order chi connectivity index (χ1) is 17.0. The van der Waals surface area contributed by atoms with Gasteiger partial charge in [0.1, 0.15) is 18.0 Å². The van der Waals surface area contributed by atoms with Crippen LogP contribution in [0.2, 0.25) is 5.02 Å². The zero-order valence-corrected chi connectivity index (χ0v) is 20.7. The topological polar surface area (TPSA) is 111 Å². The molecule has 3 atom stereocenters. The SMILES string of the molecule is C=N/N=C\N(N)c1ccc(Cl)cc1C1=CCN2C(=N1)CC[C@H]2C1=NC(c2csc(C=O)c2)C(C)N1. The van der Waals surface area contributed by atoms with Crippen molar-refractivity contribution in [1.29, 1.82) is 0 Å². The summed E-state index contributed by atoms with van der Waals surface area (Å²) in [6, 6.07) is 7.69. The Hall–Kier alpha value is -3.34. The van der Waals surface area contributed by atoms with Crippen LogP contribution in [-0.2, 0) is 0 Å². The first-order valence-electron chi connectivity index (χ1n) is 11.2.